The molecular formula is C48H30O. The maximum absolute atomic E-state index is 9.34. The number of benzene rings is 9. The van der Waals surface area contributed by atoms with Crippen LogP contribution in [-0.4, -0.2) is 0 Å². The van der Waals surface area contributed by atoms with E-state index in [1.807, 2.05) is 60.7 Å². The fourth-order valence-electron chi connectivity index (χ4n) is 7.14. The maximum Gasteiger partial charge on any atom is 0.143 e. The third kappa shape index (κ3) is 4.33. The van der Waals surface area contributed by atoms with E-state index in [0.717, 1.165) is 38.2 Å². The van der Waals surface area contributed by atoms with Crippen molar-refractivity contribution < 1.29 is 22.2 Å². The molecule has 49 heavy (non-hydrogen) atoms. The van der Waals surface area contributed by atoms with Crippen molar-refractivity contribution in [1.82, 2.24) is 0 Å². The van der Waals surface area contributed by atoms with Crippen LogP contribution in [-0.2, 0) is 0 Å². The Labute approximate surface area is 302 Å². The molecule has 0 aliphatic rings. The molecule has 0 N–H and O–H groups in total. The molecule has 9 aromatic carbocycles. The third-order valence-corrected chi connectivity index (χ3v) is 9.19. The van der Waals surface area contributed by atoms with Crippen LogP contribution < -0.4 is 0 Å². The molecule has 10 aromatic rings. The number of fused-ring (bicyclic) bond motifs is 6. The minimum Gasteiger partial charge on any atom is -0.455 e. The van der Waals surface area contributed by atoms with Gasteiger partial charge in [-0.05, 0) is 83.4 Å². The summed E-state index contributed by atoms with van der Waals surface area (Å²) in [5, 5.41) is 3.05. The summed E-state index contributed by atoms with van der Waals surface area (Å²) in [6.07, 6.45) is 0. The first kappa shape index (κ1) is 17.6. The van der Waals surface area contributed by atoms with Gasteiger partial charge in [-0.3, -0.25) is 0 Å². The van der Waals surface area contributed by atoms with Crippen molar-refractivity contribution in [2.24, 2.45) is 0 Å². The molecule has 0 radical (unpaired) electrons. The Morgan fingerprint density at radius 1 is 0.388 bits per heavy atom. The van der Waals surface area contributed by atoms with E-state index in [1.165, 1.54) is 0 Å². The molecule has 10 rings (SSSR count). The monoisotopic (exact) mass is 635 g/mol. The van der Waals surface area contributed by atoms with E-state index in [9.17, 15) is 5.48 Å². The molecule has 1 nitrogen and oxygen atoms in total. The zero-order valence-corrected chi connectivity index (χ0v) is 25.7. The lowest BCUT2D eigenvalue weighted by Crippen LogP contribution is -1.91. The largest absolute Gasteiger partial charge is 0.455 e. The standard InChI is InChI=1S/C48H30O/c1-2-15-32(16-3-1)45-38-21-6-8-23-40(38)46(41-24-9-7-22-39(41)45)34-19-10-18-33(30-34)36-25-13-29-44-47(36)43-28-12-27-42(48(43)49-44)37-26-11-17-31-14-4-5-20-35(31)37/h1-30H/i1D,2D,3D,6D,7D,8D,9D,15D,16D,21D,22D,23D,24D. The second-order valence-electron chi connectivity index (χ2n) is 11.8. The van der Waals surface area contributed by atoms with Gasteiger partial charge in [-0.15, -0.1) is 0 Å². The molecule has 0 unspecified atom stereocenters. The highest BCUT2D eigenvalue weighted by atomic mass is 16.3. The summed E-state index contributed by atoms with van der Waals surface area (Å²) >= 11 is 0. The second-order valence-corrected chi connectivity index (χ2v) is 11.8. The Morgan fingerprint density at radius 3 is 1.71 bits per heavy atom. The van der Waals surface area contributed by atoms with Crippen molar-refractivity contribution >= 4 is 54.3 Å². The number of hydrogen-bond acceptors (Lipinski definition) is 1. The molecule has 0 saturated heterocycles. The highest BCUT2D eigenvalue weighted by Gasteiger charge is 2.19. The van der Waals surface area contributed by atoms with E-state index >= 15 is 0 Å². The predicted octanol–water partition coefficient (Wildman–Crippen LogP) is 13.7. The van der Waals surface area contributed by atoms with Crippen molar-refractivity contribution in [3.63, 3.8) is 0 Å². The first-order valence-corrected chi connectivity index (χ1v) is 15.8. The first-order chi connectivity index (χ1) is 29.7. The van der Waals surface area contributed by atoms with Crippen LogP contribution in [0.2, 0.25) is 0 Å². The van der Waals surface area contributed by atoms with Gasteiger partial charge in [0.05, 0.1) is 17.8 Å². The molecule has 0 amide bonds. The minimum atomic E-state index is -0.717. The maximum atomic E-state index is 9.34. The average molecular weight is 636 g/mol. The van der Waals surface area contributed by atoms with Gasteiger partial charge < -0.3 is 4.42 Å². The minimum absolute atomic E-state index is 0.0643. The molecule has 1 heterocycles. The quantitative estimate of drug-likeness (QED) is 0.175. The highest BCUT2D eigenvalue weighted by molar-refractivity contribution is 6.22. The van der Waals surface area contributed by atoms with E-state index in [-0.39, 0.29) is 32.7 Å². The topological polar surface area (TPSA) is 13.1 Å². The summed E-state index contributed by atoms with van der Waals surface area (Å²) < 4.78 is 122. The number of rotatable bonds is 4. The molecule has 0 fully saturated rings. The summed E-state index contributed by atoms with van der Waals surface area (Å²) in [7, 11) is 0. The van der Waals surface area contributed by atoms with Gasteiger partial charge in [0.25, 0.3) is 0 Å². The van der Waals surface area contributed by atoms with Crippen molar-refractivity contribution in [2.45, 2.75) is 0 Å². The van der Waals surface area contributed by atoms with Crippen LogP contribution in [0.15, 0.2) is 186 Å². The summed E-state index contributed by atoms with van der Waals surface area (Å²) in [6.45, 7) is 0. The molecule has 1 aromatic heterocycles. The summed E-state index contributed by atoms with van der Waals surface area (Å²) in [4.78, 5) is 0. The van der Waals surface area contributed by atoms with Gasteiger partial charge in [0.1, 0.15) is 11.2 Å². The summed E-state index contributed by atoms with van der Waals surface area (Å²) in [6, 6.07) is 24.7. The van der Waals surface area contributed by atoms with Gasteiger partial charge in [0, 0.05) is 16.3 Å². The highest BCUT2D eigenvalue weighted by Crippen LogP contribution is 2.46. The smallest absolute Gasteiger partial charge is 0.143 e. The molecule has 0 aliphatic heterocycles. The van der Waals surface area contributed by atoms with Crippen LogP contribution in [0.5, 0.6) is 0 Å². The van der Waals surface area contributed by atoms with Gasteiger partial charge in [-0.1, -0.05) is 170 Å². The average Bonchev–Trinajstić information content (AvgIpc) is 3.68. The Bertz CT molecular complexity index is 3510. The second kappa shape index (κ2) is 11.1. The lowest BCUT2D eigenvalue weighted by atomic mass is 9.85. The van der Waals surface area contributed by atoms with E-state index < -0.39 is 84.1 Å². The van der Waals surface area contributed by atoms with Crippen molar-refractivity contribution in [2.75, 3.05) is 0 Å². The van der Waals surface area contributed by atoms with Crippen LogP contribution in [0.25, 0.3) is 98.8 Å². The number of para-hydroxylation sites is 1. The van der Waals surface area contributed by atoms with Crippen LogP contribution in [0, 0.1) is 0 Å². The van der Waals surface area contributed by atoms with Crippen LogP contribution in [0.1, 0.15) is 17.8 Å². The summed E-state index contributed by atoms with van der Waals surface area (Å²) in [5.74, 6) is 0. The van der Waals surface area contributed by atoms with Gasteiger partial charge in [0.15, 0.2) is 0 Å². The van der Waals surface area contributed by atoms with Gasteiger partial charge in [-0.2, -0.15) is 0 Å². The van der Waals surface area contributed by atoms with E-state index in [2.05, 4.69) is 24.3 Å². The van der Waals surface area contributed by atoms with Crippen molar-refractivity contribution in [3.8, 4) is 44.5 Å². The van der Waals surface area contributed by atoms with Crippen LogP contribution >= 0.6 is 0 Å². The lowest BCUT2D eigenvalue weighted by molar-refractivity contribution is 0.670. The van der Waals surface area contributed by atoms with Gasteiger partial charge in [0.2, 0.25) is 0 Å². The number of hydrogen-bond donors (Lipinski definition) is 0. The molecule has 0 bridgehead atoms. The van der Waals surface area contributed by atoms with Crippen LogP contribution in [0.4, 0.5) is 0 Å². The molecule has 228 valence electrons. The zero-order chi connectivity index (χ0) is 43.6. The Balaban J connectivity index is 1.32. The molecule has 0 atom stereocenters. The van der Waals surface area contributed by atoms with Gasteiger partial charge in [-0.25, -0.2) is 0 Å². The normalized spacial score (nSPS) is 15.4. The SMILES string of the molecule is [2H]c1c([2H])c([2H])c(-c2c3c([2H])c([2H])c([2H])c([2H])c3c(-c3cccc(-c4cccc5oc6c(-c7cccc8ccccc78)cccc6c45)c3)c3c([2H])c([2H])c([2H])c([2H])c23)c([2H])c1[2H]. The molecule has 0 saturated carbocycles. The zero-order valence-electron chi connectivity index (χ0n) is 38.7. The molecule has 0 aliphatic carbocycles. The van der Waals surface area contributed by atoms with Crippen LogP contribution in [0.3, 0.4) is 0 Å². The molecule has 0 spiro atoms. The molecule has 1 heteroatoms. The van der Waals surface area contributed by atoms with E-state index in [0.29, 0.717) is 22.3 Å². The molecular weight excluding hydrogens is 593 g/mol. The van der Waals surface area contributed by atoms with E-state index in [1.54, 1.807) is 18.2 Å². The van der Waals surface area contributed by atoms with Gasteiger partial charge >= 0.3 is 0 Å². The Morgan fingerprint density at radius 2 is 0.939 bits per heavy atom. The lowest BCUT2D eigenvalue weighted by Gasteiger charge is -2.18. The van der Waals surface area contributed by atoms with E-state index in [4.69, 9.17) is 16.8 Å². The fraction of sp³-hybridized carbons (Fsp3) is 0. The Kier molecular flexibility index (Phi) is 3.99. The Hall–Kier alpha value is -6.44. The predicted molar refractivity (Wildman–Crippen MR) is 208 cm³/mol. The fourth-order valence-corrected chi connectivity index (χ4v) is 7.14. The van der Waals surface area contributed by atoms with Crippen molar-refractivity contribution in [3.05, 3.63) is 182 Å². The number of furan rings is 1. The summed E-state index contributed by atoms with van der Waals surface area (Å²) in [5.41, 5.74) is 4.32. The first-order valence-electron chi connectivity index (χ1n) is 22.3. The van der Waals surface area contributed by atoms with Crippen molar-refractivity contribution in [1.29, 1.82) is 0 Å². The third-order valence-electron chi connectivity index (χ3n) is 9.19.